The van der Waals surface area contributed by atoms with Gasteiger partial charge in [-0.15, -0.1) is 0 Å². The average Bonchev–Trinajstić information content (AvgIpc) is 2.46. The van der Waals surface area contributed by atoms with Crippen LogP contribution < -0.4 is 4.74 Å². The number of benzene rings is 1. The predicted octanol–water partition coefficient (Wildman–Crippen LogP) is 4.49. The van der Waals surface area contributed by atoms with Gasteiger partial charge in [0.25, 0.3) is 0 Å². The van der Waals surface area contributed by atoms with Crippen molar-refractivity contribution in [1.29, 1.82) is 0 Å². The third kappa shape index (κ3) is 4.36. The van der Waals surface area contributed by atoms with E-state index in [-0.39, 0.29) is 5.92 Å². The molecule has 0 aliphatic heterocycles. The minimum absolute atomic E-state index is 0.274. The summed E-state index contributed by atoms with van der Waals surface area (Å²) in [5.41, 5.74) is 0. The fourth-order valence-corrected chi connectivity index (χ4v) is 3.07. The van der Waals surface area contributed by atoms with Crippen molar-refractivity contribution in [3.63, 3.8) is 0 Å². The Morgan fingerprint density at radius 3 is 2.70 bits per heavy atom. The lowest BCUT2D eigenvalue weighted by molar-refractivity contribution is -0.126. The van der Waals surface area contributed by atoms with E-state index in [1.165, 1.54) is 0 Å². The topological polar surface area (TPSA) is 26.3 Å². The first-order valence-corrected chi connectivity index (χ1v) is 7.87. The van der Waals surface area contributed by atoms with Crippen LogP contribution in [0.25, 0.3) is 0 Å². The number of carbonyl (C=O) groups is 1. The molecule has 2 atom stereocenters. The Labute approximate surface area is 122 Å². The second kappa shape index (κ2) is 7.47. The SMILES string of the molecule is CC(C)C1CCC(=O)C(CCCOc2ccccc2)C1. The highest BCUT2D eigenvalue weighted by Gasteiger charge is 2.29. The molecule has 1 aromatic rings. The molecule has 1 aliphatic rings. The molecule has 0 saturated heterocycles. The summed E-state index contributed by atoms with van der Waals surface area (Å²) in [5, 5.41) is 0. The number of hydrogen-bond acceptors (Lipinski definition) is 2. The average molecular weight is 274 g/mol. The van der Waals surface area contributed by atoms with E-state index in [9.17, 15) is 4.79 Å². The zero-order valence-electron chi connectivity index (χ0n) is 12.7. The van der Waals surface area contributed by atoms with Gasteiger partial charge in [0, 0.05) is 12.3 Å². The van der Waals surface area contributed by atoms with Crippen LogP contribution >= 0.6 is 0 Å². The zero-order valence-corrected chi connectivity index (χ0v) is 12.7. The van der Waals surface area contributed by atoms with Gasteiger partial charge in [0.1, 0.15) is 11.5 Å². The summed E-state index contributed by atoms with van der Waals surface area (Å²) in [6.45, 7) is 5.26. The van der Waals surface area contributed by atoms with Crippen LogP contribution in [0.3, 0.4) is 0 Å². The lowest BCUT2D eigenvalue weighted by Crippen LogP contribution is -2.27. The van der Waals surface area contributed by atoms with Gasteiger partial charge in [-0.05, 0) is 49.7 Å². The van der Waals surface area contributed by atoms with E-state index < -0.39 is 0 Å². The van der Waals surface area contributed by atoms with Crippen molar-refractivity contribution in [2.75, 3.05) is 6.61 Å². The minimum atomic E-state index is 0.274. The molecule has 2 unspecified atom stereocenters. The Morgan fingerprint density at radius 2 is 2.00 bits per heavy atom. The van der Waals surface area contributed by atoms with Gasteiger partial charge >= 0.3 is 0 Å². The largest absolute Gasteiger partial charge is 0.494 e. The molecule has 2 heteroatoms. The van der Waals surface area contributed by atoms with Crippen LogP contribution in [0.4, 0.5) is 0 Å². The van der Waals surface area contributed by atoms with Crippen LogP contribution in [0.1, 0.15) is 46.0 Å². The summed E-state index contributed by atoms with van der Waals surface area (Å²) in [6.07, 6.45) is 4.91. The normalized spacial score (nSPS) is 23.1. The van der Waals surface area contributed by atoms with E-state index in [1.807, 2.05) is 30.3 Å². The Hall–Kier alpha value is -1.31. The molecule has 2 rings (SSSR count). The summed E-state index contributed by atoms with van der Waals surface area (Å²) in [7, 11) is 0. The van der Waals surface area contributed by atoms with Crippen LogP contribution in [0.5, 0.6) is 5.75 Å². The zero-order chi connectivity index (χ0) is 14.4. The van der Waals surface area contributed by atoms with Gasteiger partial charge in [-0.1, -0.05) is 32.0 Å². The second-order valence-corrected chi connectivity index (χ2v) is 6.25. The number of ether oxygens (including phenoxy) is 1. The van der Waals surface area contributed by atoms with Gasteiger partial charge in [0.2, 0.25) is 0 Å². The highest BCUT2D eigenvalue weighted by molar-refractivity contribution is 5.81. The number of Topliss-reactive ketones (excluding diaryl/α,β-unsaturated/α-hetero) is 1. The van der Waals surface area contributed by atoms with Gasteiger partial charge in [-0.25, -0.2) is 0 Å². The van der Waals surface area contributed by atoms with Crippen molar-refractivity contribution in [2.24, 2.45) is 17.8 Å². The molecule has 1 fully saturated rings. The first-order chi connectivity index (χ1) is 9.66. The second-order valence-electron chi connectivity index (χ2n) is 6.25. The molecule has 0 amide bonds. The first kappa shape index (κ1) is 15.1. The van der Waals surface area contributed by atoms with Crippen LogP contribution in [0, 0.1) is 17.8 Å². The van der Waals surface area contributed by atoms with Crippen LogP contribution in [-0.4, -0.2) is 12.4 Å². The van der Waals surface area contributed by atoms with E-state index in [0.717, 1.165) is 43.8 Å². The van der Waals surface area contributed by atoms with Gasteiger partial charge in [-0.3, -0.25) is 4.79 Å². The Bertz CT molecular complexity index is 411. The fourth-order valence-electron chi connectivity index (χ4n) is 3.07. The summed E-state index contributed by atoms with van der Waals surface area (Å²) < 4.78 is 5.70. The number of para-hydroxylation sites is 1. The monoisotopic (exact) mass is 274 g/mol. The molecule has 0 heterocycles. The van der Waals surface area contributed by atoms with Crippen molar-refractivity contribution in [3.8, 4) is 5.75 Å². The first-order valence-electron chi connectivity index (χ1n) is 7.87. The van der Waals surface area contributed by atoms with Gasteiger partial charge < -0.3 is 4.74 Å². The Balaban J connectivity index is 1.71. The number of hydrogen-bond donors (Lipinski definition) is 0. The maximum atomic E-state index is 12.0. The minimum Gasteiger partial charge on any atom is -0.494 e. The molecule has 2 nitrogen and oxygen atoms in total. The molecular formula is C18H26O2. The Kier molecular flexibility index (Phi) is 5.63. The van der Waals surface area contributed by atoms with Gasteiger partial charge in [0.15, 0.2) is 0 Å². The summed E-state index contributed by atoms with van der Waals surface area (Å²) in [5.74, 6) is 3.10. The molecule has 1 saturated carbocycles. The highest BCUT2D eigenvalue weighted by atomic mass is 16.5. The number of rotatable bonds is 6. The highest BCUT2D eigenvalue weighted by Crippen LogP contribution is 2.33. The standard InChI is InChI=1S/C18H26O2/c1-14(2)15-10-11-18(19)16(13-15)7-6-12-20-17-8-4-3-5-9-17/h3-5,8-9,14-16H,6-7,10-13H2,1-2H3. The summed E-state index contributed by atoms with van der Waals surface area (Å²) in [4.78, 5) is 12.0. The van der Waals surface area contributed by atoms with Crippen LogP contribution in [0.15, 0.2) is 30.3 Å². The van der Waals surface area contributed by atoms with E-state index >= 15 is 0 Å². The summed E-state index contributed by atoms with van der Waals surface area (Å²) >= 11 is 0. The van der Waals surface area contributed by atoms with Crippen molar-refractivity contribution < 1.29 is 9.53 Å². The molecular weight excluding hydrogens is 248 g/mol. The molecule has 0 radical (unpaired) electrons. The third-order valence-electron chi connectivity index (χ3n) is 4.46. The van der Waals surface area contributed by atoms with E-state index in [1.54, 1.807) is 0 Å². The lowest BCUT2D eigenvalue weighted by atomic mass is 9.74. The molecule has 110 valence electrons. The number of ketones is 1. The fraction of sp³-hybridized carbons (Fsp3) is 0.611. The smallest absolute Gasteiger partial charge is 0.135 e. The van der Waals surface area contributed by atoms with Crippen molar-refractivity contribution >= 4 is 5.78 Å². The Morgan fingerprint density at radius 1 is 1.25 bits per heavy atom. The molecule has 0 N–H and O–H groups in total. The predicted molar refractivity (Wildman–Crippen MR) is 81.8 cm³/mol. The van der Waals surface area contributed by atoms with Crippen molar-refractivity contribution in [2.45, 2.75) is 46.0 Å². The quantitative estimate of drug-likeness (QED) is 0.715. The van der Waals surface area contributed by atoms with Crippen molar-refractivity contribution in [3.05, 3.63) is 30.3 Å². The van der Waals surface area contributed by atoms with Gasteiger partial charge in [0.05, 0.1) is 6.61 Å². The summed E-state index contributed by atoms with van der Waals surface area (Å²) in [6, 6.07) is 9.89. The third-order valence-corrected chi connectivity index (χ3v) is 4.46. The van der Waals surface area contributed by atoms with Crippen LogP contribution in [-0.2, 0) is 4.79 Å². The van der Waals surface area contributed by atoms with E-state index in [4.69, 9.17) is 4.74 Å². The van der Waals surface area contributed by atoms with E-state index in [2.05, 4.69) is 13.8 Å². The molecule has 20 heavy (non-hydrogen) atoms. The maximum Gasteiger partial charge on any atom is 0.135 e. The molecule has 0 bridgehead atoms. The van der Waals surface area contributed by atoms with Crippen molar-refractivity contribution in [1.82, 2.24) is 0 Å². The number of carbonyl (C=O) groups excluding carboxylic acids is 1. The van der Waals surface area contributed by atoms with Gasteiger partial charge in [-0.2, -0.15) is 0 Å². The molecule has 1 aromatic carbocycles. The molecule has 1 aliphatic carbocycles. The van der Waals surface area contributed by atoms with Crippen LogP contribution in [0.2, 0.25) is 0 Å². The van der Waals surface area contributed by atoms with E-state index in [0.29, 0.717) is 18.3 Å². The molecule has 0 spiro atoms. The molecule has 0 aromatic heterocycles. The lowest BCUT2D eigenvalue weighted by Gasteiger charge is -2.30. The maximum absolute atomic E-state index is 12.0.